The quantitative estimate of drug-likeness (QED) is 0.730. The molecule has 0 amide bonds. The average Bonchev–Trinajstić information content (AvgIpc) is 2.25. The van der Waals surface area contributed by atoms with Gasteiger partial charge in [0, 0.05) is 6.20 Å². The highest BCUT2D eigenvalue weighted by atomic mass is 16.4. The fourth-order valence-corrected chi connectivity index (χ4v) is 1.55. The standard InChI is InChI=1S/C12H17NO2/c1-2-3-4-5-8-11-10(12(14)15)7-6-9-13-11/h6-7,9H,2-5,8H2,1H3,(H,14,15). The van der Waals surface area contributed by atoms with Crippen LogP contribution in [0.25, 0.3) is 0 Å². The van der Waals surface area contributed by atoms with Gasteiger partial charge in [0.15, 0.2) is 0 Å². The Hall–Kier alpha value is -1.38. The van der Waals surface area contributed by atoms with Crippen LogP contribution in [0.1, 0.15) is 48.7 Å². The highest BCUT2D eigenvalue weighted by Crippen LogP contribution is 2.10. The third kappa shape index (κ3) is 3.70. The number of hydrogen-bond acceptors (Lipinski definition) is 2. The first kappa shape index (κ1) is 11.7. The maximum Gasteiger partial charge on any atom is 0.337 e. The molecule has 0 spiro atoms. The Morgan fingerprint density at radius 1 is 1.40 bits per heavy atom. The minimum Gasteiger partial charge on any atom is -0.478 e. The van der Waals surface area contributed by atoms with Crippen LogP contribution in [0.15, 0.2) is 18.3 Å². The zero-order valence-corrected chi connectivity index (χ0v) is 9.07. The lowest BCUT2D eigenvalue weighted by molar-refractivity contribution is 0.0695. The first-order valence-electron chi connectivity index (χ1n) is 5.43. The molecule has 15 heavy (non-hydrogen) atoms. The molecular weight excluding hydrogens is 190 g/mol. The van der Waals surface area contributed by atoms with E-state index in [1.807, 2.05) is 0 Å². The Morgan fingerprint density at radius 3 is 2.87 bits per heavy atom. The summed E-state index contributed by atoms with van der Waals surface area (Å²) in [4.78, 5) is 15.0. The molecule has 3 heteroatoms. The van der Waals surface area contributed by atoms with Gasteiger partial charge in [-0.1, -0.05) is 26.2 Å². The number of carboxylic acid groups (broad SMARTS) is 1. The van der Waals surface area contributed by atoms with Crippen molar-refractivity contribution >= 4 is 5.97 Å². The topological polar surface area (TPSA) is 50.2 Å². The second kappa shape index (κ2) is 6.17. The third-order valence-electron chi connectivity index (χ3n) is 2.39. The van der Waals surface area contributed by atoms with E-state index in [0.717, 1.165) is 19.3 Å². The maximum absolute atomic E-state index is 10.9. The lowest BCUT2D eigenvalue weighted by Crippen LogP contribution is -2.04. The summed E-state index contributed by atoms with van der Waals surface area (Å²) in [6.45, 7) is 2.16. The Morgan fingerprint density at radius 2 is 2.20 bits per heavy atom. The molecule has 1 N–H and O–H groups in total. The zero-order chi connectivity index (χ0) is 11.1. The molecule has 1 rings (SSSR count). The maximum atomic E-state index is 10.9. The van der Waals surface area contributed by atoms with Gasteiger partial charge >= 0.3 is 5.97 Å². The molecule has 1 heterocycles. The van der Waals surface area contributed by atoms with E-state index in [4.69, 9.17) is 5.11 Å². The summed E-state index contributed by atoms with van der Waals surface area (Å²) in [6, 6.07) is 3.28. The van der Waals surface area contributed by atoms with Crippen molar-refractivity contribution in [1.29, 1.82) is 0 Å². The largest absolute Gasteiger partial charge is 0.478 e. The molecule has 0 bridgehead atoms. The van der Waals surface area contributed by atoms with Crippen LogP contribution < -0.4 is 0 Å². The predicted molar refractivity (Wildman–Crippen MR) is 59.0 cm³/mol. The van der Waals surface area contributed by atoms with E-state index < -0.39 is 5.97 Å². The highest BCUT2D eigenvalue weighted by Gasteiger charge is 2.09. The third-order valence-corrected chi connectivity index (χ3v) is 2.39. The number of hydrogen-bond donors (Lipinski definition) is 1. The molecule has 1 aromatic rings. The monoisotopic (exact) mass is 207 g/mol. The van der Waals surface area contributed by atoms with Crippen LogP contribution in [0.5, 0.6) is 0 Å². The summed E-state index contributed by atoms with van der Waals surface area (Å²) >= 11 is 0. The van der Waals surface area contributed by atoms with E-state index in [0.29, 0.717) is 11.3 Å². The molecule has 0 radical (unpaired) electrons. The summed E-state index contributed by atoms with van der Waals surface area (Å²) < 4.78 is 0. The van der Waals surface area contributed by atoms with Crippen molar-refractivity contribution in [2.24, 2.45) is 0 Å². The molecule has 0 unspecified atom stereocenters. The molecule has 0 aliphatic carbocycles. The lowest BCUT2D eigenvalue weighted by atomic mass is 10.1. The fourth-order valence-electron chi connectivity index (χ4n) is 1.55. The lowest BCUT2D eigenvalue weighted by Gasteiger charge is -2.03. The van der Waals surface area contributed by atoms with Gasteiger partial charge in [-0.25, -0.2) is 4.79 Å². The average molecular weight is 207 g/mol. The number of carbonyl (C=O) groups is 1. The number of nitrogens with zero attached hydrogens (tertiary/aromatic N) is 1. The molecule has 0 saturated carbocycles. The van der Waals surface area contributed by atoms with Crippen LogP contribution in [-0.2, 0) is 6.42 Å². The van der Waals surface area contributed by atoms with Crippen molar-refractivity contribution in [3.63, 3.8) is 0 Å². The van der Waals surface area contributed by atoms with E-state index in [-0.39, 0.29) is 0 Å². The van der Waals surface area contributed by atoms with Crippen LogP contribution in [-0.4, -0.2) is 16.1 Å². The van der Waals surface area contributed by atoms with E-state index in [2.05, 4.69) is 11.9 Å². The highest BCUT2D eigenvalue weighted by molar-refractivity contribution is 5.88. The number of unbranched alkanes of at least 4 members (excludes halogenated alkanes) is 3. The van der Waals surface area contributed by atoms with Gasteiger partial charge in [-0.2, -0.15) is 0 Å². The number of rotatable bonds is 6. The Balaban J connectivity index is 2.56. The molecule has 0 saturated heterocycles. The summed E-state index contributed by atoms with van der Waals surface area (Å²) in [6.07, 6.45) is 6.98. The van der Waals surface area contributed by atoms with Crippen LogP contribution in [0.4, 0.5) is 0 Å². The Bertz CT molecular complexity index is 323. The summed E-state index contributed by atoms with van der Waals surface area (Å²) in [7, 11) is 0. The molecule has 0 aromatic carbocycles. The van der Waals surface area contributed by atoms with Crippen molar-refractivity contribution in [1.82, 2.24) is 4.98 Å². The van der Waals surface area contributed by atoms with Crippen LogP contribution in [0.3, 0.4) is 0 Å². The molecule has 3 nitrogen and oxygen atoms in total. The minimum absolute atomic E-state index is 0.342. The number of aromatic carboxylic acids is 1. The Labute approximate surface area is 90.2 Å². The second-order valence-corrected chi connectivity index (χ2v) is 3.61. The van der Waals surface area contributed by atoms with E-state index in [1.165, 1.54) is 12.8 Å². The van der Waals surface area contributed by atoms with E-state index in [1.54, 1.807) is 18.3 Å². The van der Waals surface area contributed by atoms with E-state index in [9.17, 15) is 4.79 Å². The number of aryl methyl sites for hydroxylation is 1. The zero-order valence-electron chi connectivity index (χ0n) is 9.07. The molecular formula is C12H17NO2. The van der Waals surface area contributed by atoms with E-state index >= 15 is 0 Å². The SMILES string of the molecule is CCCCCCc1ncccc1C(=O)O. The van der Waals surface area contributed by atoms with Gasteiger partial charge in [-0.15, -0.1) is 0 Å². The van der Waals surface area contributed by atoms with Crippen molar-refractivity contribution in [2.75, 3.05) is 0 Å². The molecule has 0 aliphatic heterocycles. The Kier molecular flexibility index (Phi) is 4.81. The molecule has 0 fully saturated rings. The van der Waals surface area contributed by atoms with Crippen molar-refractivity contribution < 1.29 is 9.90 Å². The van der Waals surface area contributed by atoms with Crippen molar-refractivity contribution in [3.8, 4) is 0 Å². The molecule has 0 aliphatic rings. The van der Waals surface area contributed by atoms with Gasteiger partial charge in [0.1, 0.15) is 0 Å². The van der Waals surface area contributed by atoms with Gasteiger partial charge in [0.2, 0.25) is 0 Å². The predicted octanol–water partition coefficient (Wildman–Crippen LogP) is 2.90. The first-order valence-corrected chi connectivity index (χ1v) is 5.43. The van der Waals surface area contributed by atoms with Crippen molar-refractivity contribution in [2.45, 2.75) is 39.0 Å². The summed E-state index contributed by atoms with van der Waals surface area (Å²) in [5, 5.41) is 8.93. The van der Waals surface area contributed by atoms with Gasteiger partial charge in [0.05, 0.1) is 11.3 Å². The molecule has 82 valence electrons. The summed E-state index contributed by atoms with van der Waals surface area (Å²) in [5.74, 6) is -0.881. The van der Waals surface area contributed by atoms with Gasteiger partial charge in [-0.3, -0.25) is 4.98 Å². The number of pyridine rings is 1. The first-order chi connectivity index (χ1) is 7.25. The second-order valence-electron chi connectivity index (χ2n) is 3.61. The van der Waals surface area contributed by atoms with Crippen LogP contribution in [0.2, 0.25) is 0 Å². The van der Waals surface area contributed by atoms with Gasteiger partial charge < -0.3 is 5.11 Å². The van der Waals surface area contributed by atoms with Crippen LogP contribution >= 0.6 is 0 Å². The molecule has 1 aromatic heterocycles. The fraction of sp³-hybridized carbons (Fsp3) is 0.500. The van der Waals surface area contributed by atoms with Gasteiger partial charge in [-0.05, 0) is 25.0 Å². The normalized spacial score (nSPS) is 10.2. The number of aromatic nitrogens is 1. The number of carboxylic acids is 1. The smallest absolute Gasteiger partial charge is 0.337 e. The van der Waals surface area contributed by atoms with Gasteiger partial charge in [0.25, 0.3) is 0 Å². The van der Waals surface area contributed by atoms with Crippen LogP contribution in [0, 0.1) is 0 Å². The molecule has 0 atom stereocenters. The van der Waals surface area contributed by atoms with Crippen molar-refractivity contribution in [3.05, 3.63) is 29.6 Å². The minimum atomic E-state index is -0.881. The summed E-state index contributed by atoms with van der Waals surface area (Å²) in [5.41, 5.74) is 1.05.